The molecule has 1 atom stereocenters. The first-order chi connectivity index (χ1) is 10.1. The Morgan fingerprint density at radius 3 is 3.00 bits per heavy atom. The molecule has 2 rings (SSSR count). The summed E-state index contributed by atoms with van der Waals surface area (Å²) in [6, 6.07) is 0. The summed E-state index contributed by atoms with van der Waals surface area (Å²) in [4.78, 5) is 27.3. The maximum Gasteiger partial charge on any atom is 0.339 e. The highest BCUT2D eigenvalue weighted by Gasteiger charge is 2.20. The molecule has 1 aromatic heterocycles. The van der Waals surface area contributed by atoms with E-state index in [9.17, 15) is 9.59 Å². The summed E-state index contributed by atoms with van der Waals surface area (Å²) in [6.45, 7) is 2.08. The fourth-order valence-electron chi connectivity index (χ4n) is 1.82. The number of aromatic nitrogens is 1. The molecule has 1 N–H and O–H groups in total. The van der Waals surface area contributed by atoms with Gasteiger partial charge in [-0.2, -0.15) is 0 Å². The van der Waals surface area contributed by atoms with Crippen LogP contribution in [0.1, 0.15) is 19.0 Å². The van der Waals surface area contributed by atoms with Gasteiger partial charge in [-0.05, 0) is 24.4 Å². The van der Waals surface area contributed by atoms with E-state index in [0.717, 1.165) is 12.2 Å². The van der Waals surface area contributed by atoms with Crippen molar-refractivity contribution in [3.8, 4) is 0 Å². The van der Waals surface area contributed by atoms with Gasteiger partial charge >= 0.3 is 5.97 Å². The van der Waals surface area contributed by atoms with Crippen LogP contribution in [0.4, 0.5) is 5.13 Å². The highest BCUT2D eigenvalue weighted by atomic mass is 32.2. The van der Waals surface area contributed by atoms with Crippen LogP contribution in [0.3, 0.4) is 0 Å². The van der Waals surface area contributed by atoms with Crippen molar-refractivity contribution in [2.45, 2.75) is 13.3 Å². The normalized spacial score (nSPS) is 19.1. The van der Waals surface area contributed by atoms with Crippen LogP contribution < -0.4 is 5.32 Å². The topological polar surface area (TPSA) is 77.5 Å². The number of anilines is 1. The second kappa shape index (κ2) is 7.58. The van der Waals surface area contributed by atoms with Gasteiger partial charge < -0.3 is 14.2 Å². The minimum atomic E-state index is -0.425. The van der Waals surface area contributed by atoms with Gasteiger partial charge in [0.2, 0.25) is 5.91 Å². The smallest absolute Gasteiger partial charge is 0.339 e. The number of methoxy groups -OCH3 is 1. The summed E-state index contributed by atoms with van der Waals surface area (Å²) < 4.78 is 10.1. The molecule has 2 heterocycles. The fourth-order valence-corrected chi connectivity index (χ4v) is 3.32. The minimum Gasteiger partial charge on any atom is -0.465 e. The summed E-state index contributed by atoms with van der Waals surface area (Å²) in [6.07, 6.45) is 2.74. The summed E-state index contributed by atoms with van der Waals surface area (Å²) in [5.74, 6) is 0.415. The highest BCUT2D eigenvalue weighted by Crippen LogP contribution is 2.28. The first-order valence-electron chi connectivity index (χ1n) is 6.38. The number of hydrogen-bond acceptors (Lipinski definition) is 7. The van der Waals surface area contributed by atoms with Gasteiger partial charge in [-0.1, -0.05) is 6.08 Å². The Morgan fingerprint density at radius 1 is 1.57 bits per heavy atom. The lowest BCUT2D eigenvalue weighted by Crippen LogP contribution is -2.13. The summed E-state index contributed by atoms with van der Waals surface area (Å²) in [7, 11) is 1.34. The molecule has 8 heteroatoms. The lowest BCUT2D eigenvalue weighted by molar-refractivity contribution is -0.133. The molecule has 1 aliphatic heterocycles. The molecule has 0 bridgehead atoms. The van der Waals surface area contributed by atoms with Gasteiger partial charge in [0.25, 0.3) is 0 Å². The third-order valence-electron chi connectivity index (χ3n) is 2.81. The first kappa shape index (κ1) is 16.0. The summed E-state index contributed by atoms with van der Waals surface area (Å²) >= 11 is 2.68. The Balaban J connectivity index is 2.22. The standard InChI is InChI=1S/C13H16N2O4S2/c1-8(16)14-13-15-11(7-20-13)10(12(17)18-2)5-9-3-4-19-21-6-9/h5,7,9H,3-4,6H2,1-2H3,(H,14,15,16). The molecule has 1 aliphatic rings. The van der Waals surface area contributed by atoms with E-state index in [4.69, 9.17) is 8.92 Å². The minimum absolute atomic E-state index is 0.194. The number of nitrogens with zero attached hydrogens (tertiary/aromatic N) is 1. The van der Waals surface area contributed by atoms with Crippen LogP contribution >= 0.6 is 23.4 Å². The maximum absolute atomic E-state index is 12.0. The Labute approximate surface area is 131 Å². The van der Waals surface area contributed by atoms with E-state index < -0.39 is 5.97 Å². The molecule has 0 saturated carbocycles. The SMILES string of the molecule is COC(=O)C(=CC1CCOSC1)c1csc(NC(C)=O)n1. The monoisotopic (exact) mass is 328 g/mol. The van der Waals surface area contributed by atoms with Crippen molar-refractivity contribution in [2.75, 3.05) is 24.8 Å². The van der Waals surface area contributed by atoms with E-state index in [1.165, 1.54) is 37.4 Å². The van der Waals surface area contributed by atoms with Crippen LogP contribution in [0.15, 0.2) is 11.5 Å². The van der Waals surface area contributed by atoms with E-state index >= 15 is 0 Å². The fraction of sp³-hybridized carbons (Fsp3) is 0.462. The van der Waals surface area contributed by atoms with Crippen LogP contribution in [0.2, 0.25) is 0 Å². The second-order valence-corrected chi connectivity index (χ2v) is 6.11. The molecule has 0 spiro atoms. The van der Waals surface area contributed by atoms with E-state index in [1.807, 2.05) is 6.08 Å². The summed E-state index contributed by atoms with van der Waals surface area (Å²) in [5, 5.41) is 4.81. The number of nitrogens with one attached hydrogen (secondary N) is 1. The van der Waals surface area contributed by atoms with Crippen molar-refractivity contribution in [3.05, 3.63) is 17.2 Å². The molecule has 1 amide bonds. The van der Waals surface area contributed by atoms with Gasteiger partial charge in [-0.15, -0.1) is 11.3 Å². The predicted molar refractivity (Wildman–Crippen MR) is 82.9 cm³/mol. The Kier molecular flexibility index (Phi) is 5.77. The number of carbonyl (C=O) groups is 2. The largest absolute Gasteiger partial charge is 0.465 e. The van der Waals surface area contributed by atoms with E-state index in [1.54, 1.807) is 5.38 Å². The van der Waals surface area contributed by atoms with Crippen LogP contribution in [0.25, 0.3) is 5.57 Å². The zero-order chi connectivity index (χ0) is 15.2. The van der Waals surface area contributed by atoms with Crippen LogP contribution in [-0.4, -0.2) is 36.3 Å². The molecule has 6 nitrogen and oxygen atoms in total. The van der Waals surface area contributed by atoms with Crippen LogP contribution in [0, 0.1) is 5.92 Å². The van der Waals surface area contributed by atoms with E-state index in [0.29, 0.717) is 23.0 Å². The van der Waals surface area contributed by atoms with Gasteiger partial charge in [0.05, 0.1) is 25.0 Å². The first-order valence-corrected chi connectivity index (χ1v) is 8.17. The number of thiazole rings is 1. The molecule has 1 unspecified atom stereocenters. The Bertz CT molecular complexity index is 550. The van der Waals surface area contributed by atoms with Crippen molar-refractivity contribution < 1.29 is 18.5 Å². The van der Waals surface area contributed by atoms with Crippen molar-refractivity contribution in [1.82, 2.24) is 4.98 Å². The average Bonchev–Trinajstić information content (AvgIpc) is 2.92. The van der Waals surface area contributed by atoms with E-state index in [2.05, 4.69) is 10.3 Å². The molecule has 21 heavy (non-hydrogen) atoms. The third kappa shape index (κ3) is 4.55. The second-order valence-electron chi connectivity index (χ2n) is 4.45. The van der Waals surface area contributed by atoms with Gasteiger partial charge in [-0.3, -0.25) is 4.79 Å². The number of carbonyl (C=O) groups excluding carboxylic acids is 2. The molecule has 1 aromatic rings. The van der Waals surface area contributed by atoms with E-state index in [-0.39, 0.29) is 11.8 Å². The number of esters is 1. The van der Waals surface area contributed by atoms with Crippen molar-refractivity contribution >= 4 is 46.0 Å². The predicted octanol–water partition coefficient (Wildman–Crippen LogP) is 2.34. The van der Waals surface area contributed by atoms with Crippen LogP contribution in [0.5, 0.6) is 0 Å². The van der Waals surface area contributed by atoms with Crippen molar-refractivity contribution in [2.24, 2.45) is 5.92 Å². The van der Waals surface area contributed by atoms with Gasteiger partial charge in [0.15, 0.2) is 5.13 Å². The quantitative estimate of drug-likeness (QED) is 0.519. The van der Waals surface area contributed by atoms with Gasteiger partial charge in [0.1, 0.15) is 0 Å². The zero-order valence-corrected chi connectivity index (χ0v) is 13.4. The summed E-state index contributed by atoms with van der Waals surface area (Å²) in [5.41, 5.74) is 0.949. The van der Waals surface area contributed by atoms with Gasteiger partial charge in [0, 0.05) is 18.1 Å². The average molecular weight is 328 g/mol. The number of allylic oxidation sites excluding steroid dienone is 1. The molecule has 1 fully saturated rings. The Hall–Kier alpha value is -1.38. The van der Waals surface area contributed by atoms with Crippen molar-refractivity contribution in [1.29, 1.82) is 0 Å². The Morgan fingerprint density at radius 2 is 2.38 bits per heavy atom. The maximum atomic E-state index is 12.0. The molecule has 0 radical (unpaired) electrons. The molecule has 0 aromatic carbocycles. The molecule has 1 saturated heterocycles. The molecular weight excluding hydrogens is 312 g/mol. The molecule has 114 valence electrons. The lowest BCUT2D eigenvalue weighted by atomic mass is 10.0. The highest BCUT2D eigenvalue weighted by molar-refractivity contribution is 7.94. The van der Waals surface area contributed by atoms with Gasteiger partial charge in [-0.25, -0.2) is 9.78 Å². The third-order valence-corrected chi connectivity index (χ3v) is 4.46. The number of hydrogen-bond donors (Lipinski definition) is 1. The lowest BCUT2D eigenvalue weighted by Gasteiger charge is -2.18. The molecule has 0 aliphatic carbocycles. The number of ether oxygens (including phenoxy) is 1. The number of amides is 1. The van der Waals surface area contributed by atoms with Crippen molar-refractivity contribution in [3.63, 3.8) is 0 Å². The number of rotatable bonds is 4. The molecular formula is C13H16N2O4S2. The zero-order valence-electron chi connectivity index (χ0n) is 11.8. The van der Waals surface area contributed by atoms with Crippen LogP contribution in [-0.2, 0) is 18.5 Å².